The van der Waals surface area contributed by atoms with Gasteiger partial charge in [-0.1, -0.05) is 32.1 Å². The molecule has 0 spiro atoms. The summed E-state index contributed by atoms with van der Waals surface area (Å²) in [4.78, 5) is 1.18. The largest absolute Gasteiger partial charge is 0.148 e. The highest BCUT2D eigenvalue weighted by Crippen LogP contribution is 2.28. The maximum atomic E-state index is 4.28. The summed E-state index contributed by atoms with van der Waals surface area (Å²) in [6.45, 7) is 4.36. The van der Waals surface area contributed by atoms with E-state index in [1.165, 1.54) is 4.91 Å². The fourth-order valence-corrected chi connectivity index (χ4v) is 1.46. The lowest BCUT2D eigenvalue weighted by molar-refractivity contribution is 0.613. The van der Waals surface area contributed by atoms with Gasteiger partial charge in [0.05, 0.1) is 0 Å². The molecule has 0 aliphatic heterocycles. The van der Waals surface area contributed by atoms with Gasteiger partial charge in [0.1, 0.15) is 0 Å². The summed E-state index contributed by atoms with van der Waals surface area (Å²) >= 11 is 4.28. The summed E-state index contributed by atoms with van der Waals surface area (Å²) in [5, 5.41) is 0. The van der Waals surface area contributed by atoms with E-state index >= 15 is 0 Å². The summed E-state index contributed by atoms with van der Waals surface area (Å²) in [5.74, 6) is 0. The predicted octanol–water partition coefficient (Wildman–Crippen LogP) is 2.79. The average Bonchev–Trinajstić information content (AvgIpc) is 1.60. The minimum absolute atomic E-state index is 0.231. The Kier molecular flexibility index (Phi) is 1.71. The second-order valence-electron chi connectivity index (χ2n) is 3.06. The maximum absolute atomic E-state index is 4.28. The van der Waals surface area contributed by atoms with Gasteiger partial charge >= 0.3 is 0 Å². The number of rotatable bonds is 0. The van der Waals surface area contributed by atoms with Crippen LogP contribution in [0.15, 0.2) is 23.1 Å². The molecule has 0 aromatic rings. The van der Waals surface area contributed by atoms with E-state index in [0.29, 0.717) is 0 Å². The Labute approximate surface area is 62.1 Å². The van der Waals surface area contributed by atoms with Crippen LogP contribution < -0.4 is 0 Å². The molecule has 0 fully saturated rings. The third-order valence-electron chi connectivity index (χ3n) is 1.41. The lowest BCUT2D eigenvalue weighted by atomic mass is 9.89. The Morgan fingerprint density at radius 2 is 2.22 bits per heavy atom. The van der Waals surface area contributed by atoms with Crippen LogP contribution in [0.1, 0.15) is 20.3 Å². The van der Waals surface area contributed by atoms with Crippen molar-refractivity contribution in [2.24, 2.45) is 5.41 Å². The van der Waals surface area contributed by atoms with E-state index < -0.39 is 0 Å². The van der Waals surface area contributed by atoms with E-state index in [9.17, 15) is 0 Å². The predicted molar refractivity (Wildman–Crippen MR) is 44.6 cm³/mol. The molecule has 0 bridgehead atoms. The van der Waals surface area contributed by atoms with Gasteiger partial charge < -0.3 is 0 Å². The van der Waals surface area contributed by atoms with Gasteiger partial charge in [0, 0.05) is 5.41 Å². The zero-order valence-corrected chi connectivity index (χ0v) is 6.78. The van der Waals surface area contributed by atoms with Gasteiger partial charge in [0.15, 0.2) is 0 Å². The Morgan fingerprint density at radius 3 is 2.56 bits per heavy atom. The van der Waals surface area contributed by atoms with E-state index in [1.807, 2.05) is 0 Å². The molecule has 1 aliphatic rings. The van der Waals surface area contributed by atoms with Crippen molar-refractivity contribution in [3.8, 4) is 0 Å². The highest BCUT2D eigenvalue weighted by molar-refractivity contribution is 7.84. The standard InChI is InChI=1S/C8H12S/c1-8(2)5-3-4-7(9)6-8/h3,5-6,9H,4H2,1-2H3. The van der Waals surface area contributed by atoms with Crippen molar-refractivity contribution < 1.29 is 0 Å². The minimum Gasteiger partial charge on any atom is -0.148 e. The molecule has 0 amide bonds. The SMILES string of the molecule is CC1(C)C=CCC(S)=C1. The quantitative estimate of drug-likeness (QED) is 0.388. The normalized spacial score (nSPS) is 23.7. The maximum Gasteiger partial charge on any atom is 0.00154 e. The van der Waals surface area contributed by atoms with Gasteiger partial charge in [-0.15, -0.1) is 12.6 Å². The summed E-state index contributed by atoms with van der Waals surface area (Å²) in [6, 6.07) is 0. The third kappa shape index (κ3) is 1.90. The Morgan fingerprint density at radius 1 is 1.56 bits per heavy atom. The Balaban J connectivity index is 2.78. The van der Waals surface area contributed by atoms with Gasteiger partial charge in [-0.2, -0.15) is 0 Å². The van der Waals surface area contributed by atoms with Crippen LogP contribution >= 0.6 is 12.6 Å². The Bertz CT molecular complexity index is 163. The van der Waals surface area contributed by atoms with Crippen molar-refractivity contribution in [1.82, 2.24) is 0 Å². The van der Waals surface area contributed by atoms with Crippen molar-refractivity contribution in [2.45, 2.75) is 20.3 Å². The molecule has 0 aromatic carbocycles. The molecule has 1 heteroatoms. The minimum atomic E-state index is 0.231. The monoisotopic (exact) mass is 140 g/mol. The molecular weight excluding hydrogens is 128 g/mol. The van der Waals surface area contributed by atoms with E-state index in [2.05, 4.69) is 44.7 Å². The van der Waals surface area contributed by atoms with E-state index in [1.54, 1.807) is 0 Å². The van der Waals surface area contributed by atoms with Crippen molar-refractivity contribution in [1.29, 1.82) is 0 Å². The van der Waals surface area contributed by atoms with E-state index in [4.69, 9.17) is 0 Å². The van der Waals surface area contributed by atoms with Crippen LogP contribution in [0.4, 0.5) is 0 Å². The lowest BCUT2D eigenvalue weighted by Gasteiger charge is -2.19. The van der Waals surface area contributed by atoms with Crippen molar-refractivity contribution in [3.05, 3.63) is 23.1 Å². The molecule has 9 heavy (non-hydrogen) atoms. The van der Waals surface area contributed by atoms with Gasteiger partial charge in [-0.05, 0) is 11.3 Å². The molecule has 1 aliphatic carbocycles. The van der Waals surface area contributed by atoms with Gasteiger partial charge in [0.25, 0.3) is 0 Å². The smallest absolute Gasteiger partial charge is 0.00154 e. The van der Waals surface area contributed by atoms with Crippen LogP contribution in [0, 0.1) is 5.41 Å². The third-order valence-corrected chi connectivity index (χ3v) is 1.72. The summed E-state index contributed by atoms with van der Waals surface area (Å²) in [7, 11) is 0. The fraction of sp³-hybridized carbons (Fsp3) is 0.500. The van der Waals surface area contributed by atoms with Gasteiger partial charge in [-0.25, -0.2) is 0 Å². The van der Waals surface area contributed by atoms with Crippen LogP contribution in [-0.4, -0.2) is 0 Å². The van der Waals surface area contributed by atoms with Gasteiger partial charge in [-0.3, -0.25) is 0 Å². The topological polar surface area (TPSA) is 0 Å². The second-order valence-corrected chi connectivity index (χ2v) is 3.64. The molecule has 0 saturated heterocycles. The van der Waals surface area contributed by atoms with E-state index in [0.717, 1.165) is 6.42 Å². The summed E-state index contributed by atoms with van der Waals surface area (Å²) in [5.41, 5.74) is 0.231. The zero-order chi connectivity index (χ0) is 6.91. The molecule has 0 heterocycles. The molecule has 0 saturated carbocycles. The first kappa shape index (κ1) is 6.94. The van der Waals surface area contributed by atoms with Crippen LogP contribution in [-0.2, 0) is 0 Å². The molecule has 0 aromatic heterocycles. The first-order chi connectivity index (χ1) is 4.10. The highest BCUT2D eigenvalue weighted by atomic mass is 32.1. The molecule has 1 rings (SSSR count). The number of hydrogen-bond donors (Lipinski definition) is 1. The number of hydrogen-bond acceptors (Lipinski definition) is 1. The molecule has 0 N–H and O–H groups in total. The molecular formula is C8H12S. The zero-order valence-electron chi connectivity index (χ0n) is 5.89. The Hall–Kier alpha value is -0.170. The van der Waals surface area contributed by atoms with Crippen molar-refractivity contribution in [2.75, 3.05) is 0 Å². The number of thiol groups is 1. The molecule has 0 unspecified atom stereocenters. The van der Waals surface area contributed by atoms with Crippen molar-refractivity contribution >= 4 is 12.6 Å². The highest BCUT2D eigenvalue weighted by Gasteiger charge is 2.12. The van der Waals surface area contributed by atoms with Gasteiger partial charge in [0.2, 0.25) is 0 Å². The molecule has 0 nitrogen and oxygen atoms in total. The van der Waals surface area contributed by atoms with E-state index in [-0.39, 0.29) is 5.41 Å². The average molecular weight is 140 g/mol. The summed E-state index contributed by atoms with van der Waals surface area (Å²) < 4.78 is 0. The van der Waals surface area contributed by atoms with Crippen LogP contribution in [0.5, 0.6) is 0 Å². The fourth-order valence-electron chi connectivity index (χ4n) is 1.02. The van der Waals surface area contributed by atoms with Crippen LogP contribution in [0.3, 0.4) is 0 Å². The van der Waals surface area contributed by atoms with Crippen LogP contribution in [0.25, 0.3) is 0 Å². The number of allylic oxidation sites excluding steroid dienone is 4. The molecule has 0 radical (unpaired) electrons. The first-order valence-electron chi connectivity index (χ1n) is 3.18. The first-order valence-corrected chi connectivity index (χ1v) is 3.63. The second kappa shape index (κ2) is 2.22. The molecule has 0 atom stereocenters. The summed E-state index contributed by atoms with van der Waals surface area (Å²) in [6.07, 6.45) is 7.58. The van der Waals surface area contributed by atoms with Crippen molar-refractivity contribution in [3.63, 3.8) is 0 Å². The van der Waals surface area contributed by atoms with Crippen LogP contribution in [0.2, 0.25) is 0 Å². The molecule has 50 valence electrons. The lowest BCUT2D eigenvalue weighted by Crippen LogP contribution is -2.05.